The van der Waals surface area contributed by atoms with Crippen molar-refractivity contribution < 1.29 is 13.9 Å². The average molecular weight is 455 g/mol. The molecule has 3 heterocycles. The van der Waals surface area contributed by atoms with Crippen molar-refractivity contribution in [2.24, 2.45) is 7.05 Å². The predicted molar refractivity (Wildman–Crippen MR) is 122 cm³/mol. The Kier molecular flexibility index (Phi) is 5.53. The third-order valence-electron chi connectivity index (χ3n) is 4.95. The van der Waals surface area contributed by atoms with Gasteiger partial charge in [0.15, 0.2) is 5.82 Å². The maximum absolute atomic E-state index is 13.2. The van der Waals surface area contributed by atoms with Crippen molar-refractivity contribution in [2.45, 2.75) is 0 Å². The van der Waals surface area contributed by atoms with Crippen LogP contribution in [-0.2, 0) is 7.05 Å². The summed E-state index contributed by atoms with van der Waals surface area (Å²) in [4.78, 5) is 21.1. The van der Waals surface area contributed by atoms with E-state index in [-0.39, 0.29) is 11.7 Å². The molecule has 168 valence electrons. The van der Waals surface area contributed by atoms with E-state index >= 15 is 0 Å². The highest BCUT2D eigenvalue weighted by molar-refractivity contribution is 6.03. The van der Waals surface area contributed by atoms with Crippen LogP contribution in [0.1, 0.15) is 10.5 Å². The van der Waals surface area contributed by atoms with E-state index in [2.05, 4.69) is 25.5 Å². The first-order valence-corrected chi connectivity index (χ1v) is 10.3. The second-order valence-electron chi connectivity index (χ2n) is 7.29. The van der Waals surface area contributed by atoms with Gasteiger partial charge in [0.05, 0.1) is 5.69 Å². The Labute approximate surface area is 193 Å². The number of carbonyl (C=O) groups is 1. The molecule has 0 aliphatic carbocycles. The van der Waals surface area contributed by atoms with Gasteiger partial charge in [0.1, 0.15) is 23.6 Å². The minimum atomic E-state index is -0.330. The molecule has 0 fully saturated rings. The Balaban J connectivity index is 1.26. The molecule has 0 aliphatic rings. The zero-order valence-corrected chi connectivity index (χ0v) is 18.0. The number of nitrogens with zero attached hydrogens (tertiary/aromatic N) is 6. The minimum absolute atomic E-state index is 0.323. The van der Waals surface area contributed by atoms with Crippen LogP contribution in [0.5, 0.6) is 11.6 Å². The number of amides is 1. The molecule has 34 heavy (non-hydrogen) atoms. The van der Waals surface area contributed by atoms with Gasteiger partial charge in [-0.25, -0.2) is 19.0 Å². The van der Waals surface area contributed by atoms with Crippen LogP contribution in [0.25, 0.3) is 17.1 Å². The highest BCUT2D eigenvalue weighted by Crippen LogP contribution is 2.23. The van der Waals surface area contributed by atoms with Crippen molar-refractivity contribution in [1.82, 2.24) is 29.5 Å². The van der Waals surface area contributed by atoms with Crippen LogP contribution in [0.4, 0.5) is 10.1 Å². The van der Waals surface area contributed by atoms with E-state index in [0.717, 1.165) is 5.56 Å². The summed E-state index contributed by atoms with van der Waals surface area (Å²) in [6, 6.07) is 18.0. The number of carbonyl (C=O) groups excluding carboxylic acids is 1. The van der Waals surface area contributed by atoms with Crippen LogP contribution >= 0.6 is 0 Å². The molecule has 0 atom stereocenters. The molecule has 0 saturated carbocycles. The number of aryl methyl sites for hydroxylation is 1. The molecule has 1 amide bonds. The number of benzene rings is 2. The van der Waals surface area contributed by atoms with E-state index < -0.39 is 0 Å². The lowest BCUT2D eigenvalue weighted by molar-refractivity contribution is 0.101. The standard InChI is InChI=1S/C24H18FN7O2/c1-31-21(13-20(30-31)16-3-5-17(25)6-4-16)24(33)29-18-7-9-19(10-8-18)34-23-14-22(26-15-27-23)32-12-2-11-28-32/h2-15H,1H3,(H,29,33). The zero-order valence-electron chi connectivity index (χ0n) is 18.0. The Hall–Kier alpha value is -4.86. The quantitative estimate of drug-likeness (QED) is 0.411. The van der Waals surface area contributed by atoms with Gasteiger partial charge in [-0.3, -0.25) is 9.48 Å². The molecule has 3 aromatic heterocycles. The first kappa shape index (κ1) is 21.0. The summed E-state index contributed by atoms with van der Waals surface area (Å²) in [5, 5.41) is 11.3. The Morgan fingerprint density at radius 3 is 2.56 bits per heavy atom. The molecule has 9 nitrogen and oxygen atoms in total. The van der Waals surface area contributed by atoms with Crippen molar-refractivity contribution in [3.05, 3.63) is 97.0 Å². The van der Waals surface area contributed by atoms with Crippen LogP contribution < -0.4 is 10.1 Å². The monoisotopic (exact) mass is 455 g/mol. The molecule has 0 bridgehead atoms. The zero-order chi connectivity index (χ0) is 23.5. The maximum atomic E-state index is 13.2. The van der Waals surface area contributed by atoms with Gasteiger partial charge in [0.25, 0.3) is 5.91 Å². The van der Waals surface area contributed by atoms with E-state index in [1.165, 1.54) is 23.1 Å². The summed E-state index contributed by atoms with van der Waals surface area (Å²) < 4.78 is 22.1. The highest BCUT2D eigenvalue weighted by Gasteiger charge is 2.15. The molecule has 10 heteroatoms. The van der Waals surface area contributed by atoms with Crippen LogP contribution in [0, 0.1) is 5.82 Å². The van der Waals surface area contributed by atoms with Gasteiger partial charge in [-0.05, 0) is 60.7 Å². The Morgan fingerprint density at radius 1 is 1.03 bits per heavy atom. The van der Waals surface area contributed by atoms with Gasteiger partial charge in [0.2, 0.25) is 5.88 Å². The topological polar surface area (TPSA) is 99.8 Å². The van der Waals surface area contributed by atoms with Crippen molar-refractivity contribution >= 4 is 11.6 Å². The molecule has 1 N–H and O–H groups in total. The van der Waals surface area contributed by atoms with Crippen molar-refractivity contribution in [3.8, 4) is 28.7 Å². The summed E-state index contributed by atoms with van der Waals surface area (Å²) in [5.41, 5.74) is 2.25. The number of ether oxygens (including phenoxy) is 1. The third kappa shape index (κ3) is 4.51. The molecule has 0 aliphatic heterocycles. The number of hydrogen-bond donors (Lipinski definition) is 1. The number of rotatable bonds is 6. The van der Waals surface area contributed by atoms with E-state index in [9.17, 15) is 9.18 Å². The van der Waals surface area contributed by atoms with E-state index in [4.69, 9.17) is 4.74 Å². The normalized spacial score (nSPS) is 10.8. The lowest BCUT2D eigenvalue weighted by Crippen LogP contribution is -2.15. The second-order valence-corrected chi connectivity index (χ2v) is 7.29. The molecule has 2 aromatic carbocycles. The second kappa shape index (κ2) is 8.94. The van der Waals surface area contributed by atoms with E-state index in [1.807, 2.05) is 0 Å². The Bertz CT molecular complexity index is 1430. The summed E-state index contributed by atoms with van der Waals surface area (Å²) in [6.45, 7) is 0. The van der Waals surface area contributed by atoms with Gasteiger partial charge in [-0.1, -0.05) is 0 Å². The molecule has 0 unspecified atom stereocenters. The van der Waals surface area contributed by atoms with E-state index in [0.29, 0.717) is 34.5 Å². The molecule has 5 aromatic rings. The SMILES string of the molecule is Cn1nc(-c2ccc(F)cc2)cc1C(=O)Nc1ccc(Oc2cc(-n3cccn3)ncn2)cc1. The number of aromatic nitrogens is 6. The molecule has 0 spiro atoms. The smallest absolute Gasteiger partial charge is 0.273 e. The minimum Gasteiger partial charge on any atom is -0.439 e. The van der Waals surface area contributed by atoms with Crippen molar-refractivity contribution in [1.29, 1.82) is 0 Å². The molecule has 5 rings (SSSR count). The Morgan fingerprint density at radius 2 is 1.82 bits per heavy atom. The molecular formula is C24H18FN7O2. The predicted octanol–water partition coefficient (Wildman–Crippen LogP) is 4.25. The van der Waals surface area contributed by atoms with Gasteiger partial charge >= 0.3 is 0 Å². The highest BCUT2D eigenvalue weighted by atomic mass is 19.1. The largest absolute Gasteiger partial charge is 0.439 e. The number of anilines is 1. The maximum Gasteiger partial charge on any atom is 0.273 e. The molecular weight excluding hydrogens is 437 g/mol. The van der Waals surface area contributed by atoms with Gasteiger partial charge in [-0.2, -0.15) is 10.2 Å². The summed E-state index contributed by atoms with van der Waals surface area (Å²) >= 11 is 0. The van der Waals surface area contributed by atoms with Crippen LogP contribution in [0.15, 0.2) is 85.5 Å². The van der Waals surface area contributed by atoms with Gasteiger partial charge in [0, 0.05) is 36.8 Å². The van der Waals surface area contributed by atoms with Crippen molar-refractivity contribution in [2.75, 3.05) is 5.32 Å². The lowest BCUT2D eigenvalue weighted by Gasteiger charge is -2.08. The van der Waals surface area contributed by atoms with Gasteiger partial charge in [-0.15, -0.1) is 0 Å². The fourth-order valence-corrected chi connectivity index (χ4v) is 3.28. The summed E-state index contributed by atoms with van der Waals surface area (Å²) in [7, 11) is 1.68. The molecule has 0 radical (unpaired) electrons. The number of hydrogen-bond acceptors (Lipinski definition) is 6. The van der Waals surface area contributed by atoms with Crippen molar-refractivity contribution in [3.63, 3.8) is 0 Å². The van der Waals surface area contributed by atoms with Crippen LogP contribution in [-0.4, -0.2) is 35.4 Å². The number of halogens is 1. The van der Waals surface area contributed by atoms with Crippen LogP contribution in [0.2, 0.25) is 0 Å². The lowest BCUT2D eigenvalue weighted by atomic mass is 10.1. The fourth-order valence-electron chi connectivity index (χ4n) is 3.28. The fraction of sp³-hybridized carbons (Fsp3) is 0.0417. The first-order chi connectivity index (χ1) is 16.5. The van der Waals surface area contributed by atoms with E-state index in [1.54, 1.807) is 78.7 Å². The third-order valence-corrected chi connectivity index (χ3v) is 4.95. The summed E-state index contributed by atoms with van der Waals surface area (Å²) in [6.07, 6.45) is 4.83. The van der Waals surface area contributed by atoms with Crippen LogP contribution in [0.3, 0.4) is 0 Å². The van der Waals surface area contributed by atoms with Gasteiger partial charge < -0.3 is 10.1 Å². The summed E-state index contributed by atoms with van der Waals surface area (Å²) in [5.74, 6) is 0.831. The first-order valence-electron chi connectivity index (χ1n) is 10.3. The molecule has 0 saturated heterocycles. The average Bonchev–Trinajstić information content (AvgIpc) is 3.51. The number of nitrogens with one attached hydrogen (secondary N) is 1.